The molecule has 0 saturated carbocycles. The van der Waals surface area contributed by atoms with Gasteiger partial charge in [0.15, 0.2) is 0 Å². The molecule has 0 unspecified atom stereocenters. The molecule has 8 heavy (non-hydrogen) atoms. The Morgan fingerprint density at radius 2 is 1.12 bits per heavy atom. The van der Waals surface area contributed by atoms with E-state index in [1.54, 1.807) is 0 Å². The van der Waals surface area contributed by atoms with Crippen molar-refractivity contribution in [2.75, 3.05) is 0 Å². The summed E-state index contributed by atoms with van der Waals surface area (Å²) in [6, 6.07) is 0. The van der Waals surface area contributed by atoms with E-state index in [0.29, 0.717) is 0 Å². The van der Waals surface area contributed by atoms with Crippen LogP contribution in [0.15, 0.2) is 0 Å². The van der Waals surface area contributed by atoms with Gasteiger partial charge in [-0.25, -0.2) is 0 Å². The Hall–Kier alpha value is 2.97. The zero-order valence-corrected chi connectivity index (χ0v) is 13.7. The van der Waals surface area contributed by atoms with Crippen LogP contribution in [-0.2, 0) is 10.4 Å². The summed E-state index contributed by atoms with van der Waals surface area (Å²) in [5.41, 5.74) is 0. The topological polar surface area (TPSA) is 106 Å². The van der Waals surface area contributed by atoms with Gasteiger partial charge < -0.3 is 11.2 Å². The van der Waals surface area contributed by atoms with Crippen molar-refractivity contribution < 1.29 is 28.7 Å². The van der Waals surface area contributed by atoms with Crippen LogP contribution in [0.1, 0.15) is 5.71 Å². The Balaban J connectivity index is -0.00000000381. The van der Waals surface area contributed by atoms with Gasteiger partial charge in [0.05, 0.1) is 0 Å². The van der Waals surface area contributed by atoms with Crippen LogP contribution in [0.5, 0.6) is 0 Å². The molecule has 8 heteroatoms. The molecule has 0 aromatic heterocycles. The molecule has 0 amide bonds. The molecule has 0 aliphatic heterocycles. The van der Waals surface area contributed by atoms with Crippen LogP contribution in [0.4, 0.5) is 0 Å². The Labute approximate surface area is 134 Å². The van der Waals surface area contributed by atoms with Gasteiger partial charge in [0.25, 0.3) is 0 Å². The first-order chi connectivity index (χ1) is 2.00. The predicted molar refractivity (Wildman–Crippen MR) is 33.7 cm³/mol. The largest absolute Gasteiger partial charge is 2.00 e. The van der Waals surface area contributed by atoms with Crippen LogP contribution in [0.2, 0.25) is 0 Å². The molecule has 0 aliphatic carbocycles. The van der Waals surface area contributed by atoms with Crippen LogP contribution < -0.4 is 0 Å². The van der Waals surface area contributed by atoms with E-state index in [-0.39, 0.29) is 109 Å². The van der Waals surface area contributed by atoms with Gasteiger partial charge in [-0.1, -0.05) is 0 Å². The number of rotatable bonds is 0. The summed E-state index contributed by atoms with van der Waals surface area (Å²) in [6.07, 6.45) is 0. The molecule has 0 saturated heterocycles. The van der Waals surface area contributed by atoms with Crippen molar-refractivity contribution in [2.24, 2.45) is 0 Å². The summed E-state index contributed by atoms with van der Waals surface area (Å²) in [6.45, 7) is 0. The third-order valence-electron chi connectivity index (χ3n) is 0. The molecule has 0 bridgehead atoms. The van der Waals surface area contributed by atoms with Crippen molar-refractivity contribution in [3.8, 4) is 0 Å². The normalized spacial score (nSPS) is 7.25. The maximum atomic E-state index is 8.74. The zero-order chi connectivity index (χ0) is 4.50. The maximum absolute atomic E-state index is 8.74. The molecule has 0 heterocycles. The SMILES string of the molecule is O.O=S(=O)(O)O.[Ba+2].[Ba+2].[H-].[H-].[H-].[H-]. The summed E-state index contributed by atoms with van der Waals surface area (Å²) in [5, 5.41) is 0. The summed E-state index contributed by atoms with van der Waals surface area (Å²) in [7, 11) is -4.67. The van der Waals surface area contributed by atoms with Crippen molar-refractivity contribution in [3.63, 3.8) is 0 Å². The van der Waals surface area contributed by atoms with Crippen molar-refractivity contribution >= 4 is 108 Å². The predicted octanol–water partition coefficient (Wildman–Crippen LogP) is -1.79. The fraction of sp³-hybridized carbons (Fsp3) is 0. The molecule has 5 nitrogen and oxygen atoms in total. The van der Waals surface area contributed by atoms with Crippen molar-refractivity contribution in [1.29, 1.82) is 0 Å². The van der Waals surface area contributed by atoms with E-state index in [0.717, 1.165) is 0 Å². The average Bonchev–Trinajstić information content (AvgIpc) is 0.722. The van der Waals surface area contributed by atoms with Gasteiger partial charge in [0, 0.05) is 0 Å². The monoisotopic (exact) mass is 396 g/mol. The van der Waals surface area contributed by atoms with Gasteiger partial charge in [0.1, 0.15) is 0 Å². The Morgan fingerprint density at radius 3 is 1.12 bits per heavy atom. The molecule has 0 aromatic rings. The molecule has 0 rings (SSSR count). The molecule has 0 radical (unpaired) electrons. The molecule has 4 N–H and O–H groups in total. The van der Waals surface area contributed by atoms with E-state index in [2.05, 4.69) is 0 Å². The second kappa shape index (κ2) is 9.97. The van der Waals surface area contributed by atoms with Crippen molar-refractivity contribution in [2.45, 2.75) is 0 Å². The Kier molecular flexibility index (Phi) is 28.0. The first kappa shape index (κ1) is 22.4. The van der Waals surface area contributed by atoms with Crippen LogP contribution in [-0.4, -0.2) is 121 Å². The van der Waals surface area contributed by atoms with Gasteiger partial charge >= 0.3 is 108 Å². The van der Waals surface area contributed by atoms with Crippen molar-refractivity contribution in [1.82, 2.24) is 0 Å². The quantitative estimate of drug-likeness (QED) is 0.374. The van der Waals surface area contributed by atoms with E-state index < -0.39 is 10.4 Å². The second-order valence-electron chi connectivity index (χ2n) is 0.448. The van der Waals surface area contributed by atoms with E-state index >= 15 is 0 Å². The summed E-state index contributed by atoms with van der Waals surface area (Å²) >= 11 is 0. The first-order valence-corrected chi connectivity index (χ1v) is 2.10. The van der Waals surface area contributed by atoms with Crippen LogP contribution in [0.25, 0.3) is 0 Å². The van der Waals surface area contributed by atoms with Crippen LogP contribution >= 0.6 is 0 Å². The number of hydrogen-bond acceptors (Lipinski definition) is 2. The second-order valence-corrected chi connectivity index (χ2v) is 1.34. The van der Waals surface area contributed by atoms with Gasteiger partial charge in [0.2, 0.25) is 0 Å². The van der Waals surface area contributed by atoms with E-state index in [9.17, 15) is 0 Å². The fourth-order valence-electron chi connectivity index (χ4n) is 0. The van der Waals surface area contributed by atoms with Gasteiger partial charge in [-0.2, -0.15) is 8.42 Å². The minimum atomic E-state index is -4.67. The van der Waals surface area contributed by atoms with Gasteiger partial charge in [-0.3, -0.25) is 9.11 Å². The molecule has 0 aliphatic rings. The smallest absolute Gasteiger partial charge is 1.00 e. The first-order valence-electron chi connectivity index (χ1n) is 0.698. The van der Waals surface area contributed by atoms with Crippen LogP contribution in [0, 0.1) is 0 Å². The maximum Gasteiger partial charge on any atom is 2.00 e. The Bertz CT molecular complexity index is 105. The summed E-state index contributed by atoms with van der Waals surface area (Å²) < 4.78 is 31.6. The molecule has 0 aromatic carbocycles. The zero-order valence-electron chi connectivity index (χ0n) is 8.03. The molecule has 0 fully saturated rings. The Morgan fingerprint density at radius 1 is 1.12 bits per heavy atom. The van der Waals surface area contributed by atoms with Gasteiger partial charge in [-0.05, 0) is 0 Å². The fourth-order valence-corrected chi connectivity index (χ4v) is 0. The summed E-state index contributed by atoms with van der Waals surface area (Å²) in [4.78, 5) is 0. The molecule has 0 spiro atoms. The average molecular weight is 395 g/mol. The van der Waals surface area contributed by atoms with Gasteiger partial charge in [-0.15, -0.1) is 0 Å². The van der Waals surface area contributed by atoms with E-state index in [1.807, 2.05) is 0 Å². The molecule has 48 valence electrons. The van der Waals surface area contributed by atoms with Crippen molar-refractivity contribution in [3.05, 3.63) is 0 Å². The minimum Gasteiger partial charge on any atom is -1.00 e. The molecule has 0 atom stereocenters. The summed E-state index contributed by atoms with van der Waals surface area (Å²) in [5.74, 6) is 0. The minimum absolute atomic E-state index is 0. The van der Waals surface area contributed by atoms with E-state index in [4.69, 9.17) is 17.5 Å². The molecular formula is H8Ba2O5S. The third-order valence-corrected chi connectivity index (χ3v) is 0. The van der Waals surface area contributed by atoms with E-state index in [1.165, 1.54) is 0 Å². The third kappa shape index (κ3) is 64.5. The standard InChI is InChI=1S/2Ba.H2O4S.H2O.4H/c;;1-5(2,3)4;;;;;/h;;(H2,1,2,3,4);1H2;;;;/q2*+2;;;4*-1. The van der Waals surface area contributed by atoms with Crippen LogP contribution in [0.3, 0.4) is 0 Å². The molecular weight excluding hydrogens is 387 g/mol. The number of hydrogen-bond donors (Lipinski definition) is 2.